The molecule has 8 nitrogen and oxygen atoms in total. The minimum Gasteiger partial charge on any atom is -0.389 e. The average molecular weight is 641 g/mol. The third-order valence-corrected chi connectivity index (χ3v) is 9.14. The molecule has 0 bridgehead atoms. The first-order valence-electron chi connectivity index (χ1n) is 14.3. The van der Waals surface area contributed by atoms with Crippen LogP contribution in [-0.2, 0) is 4.79 Å². The molecule has 45 heavy (non-hydrogen) atoms. The Morgan fingerprint density at radius 2 is 1.80 bits per heavy atom. The molecule has 1 amide bonds. The maximum atomic E-state index is 14.4. The second-order valence-corrected chi connectivity index (χ2v) is 12.2. The molecule has 12 heteroatoms. The van der Waals surface area contributed by atoms with Crippen LogP contribution < -0.4 is 10.6 Å². The summed E-state index contributed by atoms with van der Waals surface area (Å²) in [7, 11) is 0. The predicted molar refractivity (Wildman–Crippen MR) is 173 cm³/mol. The number of thiazole rings is 1. The van der Waals surface area contributed by atoms with Gasteiger partial charge >= 0.3 is 0 Å². The van der Waals surface area contributed by atoms with E-state index in [4.69, 9.17) is 32.4 Å². The number of aryl methyl sites for hydroxylation is 2. The molecule has 2 N–H and O–H groups in total. The zero-order valence-electron chi connectivity index (χ0n) is 24.3. The highest BCUT2D eigenvalue weighted by atomic mass is 32.1. The lowest BCUT2D eigenvalue weighted by Crippen LogP contribution is -2.39. The van der Waals surface area contributed by atoms with E-state index >= 15 is 0 Å². The van der Waals surface area contributed by atoms with Gasteiger partial charge in [0.1, 0.15) is 16.6 Å². The normalized spacial score (nSPS) is 15.2. The third kappa shape index (κ3) is 5.09. The Morgan fingerprint density at radius 3 is 2.51 bits per heavy atom. The molecule has 1 unspecified atom stereocenters. The molecule has 7 rings (SSSR count). The van der Waals surface area contributed by atoms with E-state index in [0.717, 1.165) is 51.3 Å². The van der Waals surface area contributed by atoms with E-state index in [0.29, 0.717) is 40.1 Å². The minimum absolute atomic E-state index is 0.190. The van der Waals surface area contributed by atoms with E-state index in [1.165, 1.54) is 22.3 Å². The number of halogens is 2. The Bertz CT molecular complexity index is 2100. The van der Waals surface area contributed by atoms with Crippen LogP contribution in [0.2, 0.25) is 0 Å². The second-order valence-electron chi connectivity index (χ2n) is 10.9. The molecule has 1 aliphatic rings. The van der Waals surface area contributed by atoms with Gasteiger partial charge in [0, 0.05) is 40.2 Å². The summed E-state index contributed by atoms with van der Waals surface area (Å²) in [5.74, 6) is -0.919. The first-order chi connectivity index (χ1) is 21.7. The molecular formula is C33H26F2N6O2S2. The van der Waals surface area contributed by atoms with Crippen molar-refractivity contribution in [3.63, 3.8) is 0 Å². The number of piperidine rings is 1. The number of amides is 1. The van der Waals surface area contributed by atoms with Crippen LogP contribution in [0.25, 0.3) is 38.5 Å². The molecule has 1 aliphatic heterocycles. The summed E-state index contributed by atoms with van der Waals surface area (Å²) in [4.78, 5) is 25.3. The number of benzene rings is 3. The smallest absolute Gasteiger partial charge is 0.227 e. The second kappa shape index (κ2) is 11.3. The van der Waals surface area contributed by atoms with Crippen molar-refractivity contribution in [2.45, 2.75) is 39.2 Å². The van der Waals surface area contributed by atoms with E-state index in [-0.39, 0.29) is 18.0 Å². The maximum Gasteiger partial charge on any atom is 0.227 e. The van der Waals surface area contributed by atoms with Crippen molar-refractivity contribution < 1.29 is 18.1 Å². The molecule has 0 aliphatic carbocycles. The van der Waals surface area contributed by atoms with E-state index in [9.17, 15) is 13.6 Å². The number of thiocarbonyl (C=S) groups is 1. The van der Waals surface area contributed by atoms with Gasteiger partial charge in [-0.25, -0.2) is 18.7 Å². The summed E-state index contributed by atoms with van der Waals surface area (Å²) in [6.45, 7) is 3.75. The number of hydrogen-bond donors (Lipinski definition) is 1. The number of anilines is 1. The monoisotopic (exact) mass is 640 g/mol. The zero-order chi connectivity index (χ0) is 31.4. The van der Waals surface area contributed by atoms with Crippen LogP contribution in [0.1, 0.15) is 48.1 Å². The van der Waals surface area contributed by atoms with Gasteiger partial charge in [0.2, 0.25) is 5.91 Å². The molecule has 1 fully saturated rings. The fourth-order valence-electron chi connectivity index (χ4n) is 5.95. The number of nitrogens with zero attached hydrogens (tertiary/aromatic N) is 5. The summed E-state index contributed by atoms with van der Waals surface area (Å²) < 4.78 is 35.7. The van der Waals surface area contributed by atoms with Crippen molar-refractivity contribution in [1.82, 2.24) is 19.7 Å². The van der Waals surface area contributed by atoms with Crippen LogP contribution in [0, 0.1) is 25.5 Å². The minimum atomic E-state index is -1.02. The summed E-state index contributed by atoms with van der Waals surface area (Å²) in [6.07, 6.45) is 1.48. The Hall–Kier alpha value is -4.81. The number of hydrogen-bond acceptors (Lipinski definition) is 7. The first-order valence-corrected chi connectivity index (χ1v) is 15.6. The Labute approximate surface area is 266 Å². The molecule has 3 aromatic heterocycles. The van der Waals surface area contributed by atoms with Crippen molar-refractivity contribution in [1.29, 1.82) is 0 Å². The summed E-state index contributed by atoms with van der Waals surface area (Å²) in [5.41, 5.74) is 12.5. The number of fused-ring (bicyclic) bond motifs is 1. The lowest BCUT2D eigenvalue weighted by molar-refractivity contribution is -0.120. The molecule has 6 aromatic rings. The van der Waals surface area contributed by atoms with E-state index in [1.54, 1.807) is 0 Å². The number of aromatic nitrogens is 4. The highest BCUT2D eigenvalue weighted by molar-refractivity contribution is 7.80. The topological polar surface area (TPSA) is 103 Å². The molecule has 226 valence electrons. The van der Waals surface area contributed by atoms with Gasteiger partial charge in [-0.15, -0.1) is 11.3 Å². The number of carbonyl (C=O) groups is 1. The van der Waals surface area contributed by atoms with E-state index in [2.05, 4.69) is 5.16 Å². The van der Waals surface area contributed by atoms with Gasteiger partial charge in [-0.2, -0.15) is 0 Å². The molecule has 3 aromatic carbocycles. The van der Waals surface area contributed by atoms with Crippen LogP contribution in [-0.4, -0.2) is 30.6 Å². The van der Waals surface area contributed by atoms with Gasteiger partial charge in [0.25, 0.3) is 0 Å². The van der Waals surface area contributed by atoms with Crippen molar-refractivity contribution in [2.75, 3.05) is 4.90 Å². The number of imidazole rings is 1. The fourth-order valence-corrected chi connectivity index (χ4v) is 6.94. The standard InChI is InChI=1S/C33H26F2N6O2S2/c1-17-30(18(2)43-39-17)21-10-13-27-25(14-21)37-32(28-4-3-5-29(42)40(28)22-11-12-23(34)24(35)15-22)41(27)33-38-26(16-45-33)19-6-8-20(9-7-19)31(36)44/h6-16,28H,3-5H2,1-2H3,(H2,36,44). The SMILES string of the molecule is Cc1noc(C)c1-c1ccc2c(c1)nc(C1CCCC(=O)N1c1ccc(F)c(F)c1)n2-c1nc(-c2ccc(C(N)=S)cc2)cs1. The lowest BCUT2D eigenvalue weighted by Gasteiger charge is -2.35. The van der Waals surface area contributed by atoms with Crippen LogP contribution >= 0.6 is 23.6 Å². The predicted octanol–water partition coefficient (Wildman–Crippen LogP) is 7.59. The average Bonchev–Trinajstić information content (AvgIpc) is 3.75. The van der Waals surface area contributed by atoms with Crippen molar-refractivity contribution in [3.05, 3.63) is 101 Å². The van der Waals surface area contributed by atoms with Gasteiger partial charge in [-0.3, -0.25) is 9.36 Å². The fraction of sp³-hybridized carbons (Fsp3) is 0.182. The number of carbonyl (C=O) groups excluding carboxylic acids is 1. The van der Waals surface area contributed by atoms with Gasteiger partial charge < -0.3 is 15.2 Å². The van der Waals surface area contributed by atoms with Gasteiger partial charge in [0.05, 0.1) is 28.5 Å². The Morgan fingerprint density at radius 1 is 1.02 bits per heavy atom. The Kier molecular flexibility index (Phi) is 7.25. The molecule has 0 saturated carbocycles. The highest BCUT2D eigenvalue weighted by Gasteiger charge is 2.35. The molecular weight excluding hydrogens is 615 g/mol. The van der Waals surface area contributed by atoms with Crippen LogP contribution in [0.4, 0.5) is 14.5 Å². The summed E-state index contributed by atoms with van der Waals surface area (Å²) in [6, 6.07) is 16.5. The van der Waals surface area contributed by atoms with Crippen LogP contribution in [0.5, 0.6) is 0 Å². The quantitative estimate of drug-likeness (QED) is 0.187. The molecule has 0 spiro atoms. The highest BCUT2D eigenvalue weighted by Crippen LogP contribution is 2.40. The maximum absolute atomic E-state index is 14.4. The molecule has 4 heterocycles. The van der Waals surface area contributed by atoms with Gasteiger partial charge in [-0.1, -0.05) is 47.7 Å². The number of rotatable bonds is 6. The number of nitrogens with two attached hydrogens (primary N) is 1. The summed E-state index contributed by atoms with van der Waals surface area (Å²) in [5, 5.41) is 6.71. The summed E-state index contributed by atoms with van der Waals surface area (Å²) >= 11 is 6.53. The molecule has 1 atom stereocenters. The van der Waals surface area contributed by atoms with Gasteiger partial charge in [0.15, 0.2) is 16.8 Å². The van der Waals surface area contributed by atoms with E-state index < -0.39 is 17.7 Å². The van der Waals surface area contributed by atoms with Crippen LogP contribution in [0.15, 0.2) is 70.6 Å². The lowest BCUT2D eigenvalue weighted by atomic mass is 9.99. The molecule has 0 radical (unpaired) electrons. The van der Waals surface area contributed by atoms with E-state index in [1.807, 2.05) is 66.3 Å². The van der Waals surface area contributed by atoms with Gasteiger partial charge in [-0.05, 0) is 56.5 Å². The third-order valence-electron chi connectivity index (χ3n) is 8.08. The first kappa shape index (κ1) is 28.9. The zero-order valence-corrected chi connectivity index (χ0v) is 25.9. The largest absolute Gasteiger partial charge is 0.389 e. The van der Waals surface area contributed by atoms with Crippen molar-refractivity contribution >= 4 is 51.2 Å². The van der Waals surface area contributed by atoms with Crippen molar-refractivity contribution in [3.8, 4) is 27.5 Å². The molecule has 1 saturated heterocycles. The van der Waals surface area contributed by atoms with Crippen molar-refractivity contribution in [2.24, 2.45) is 5.73 Å². The Balaban J connectivity index is 1.40. The van der Waals surface area contributed by atoms with Crippen LogP contribution in [0.3, 0.4) is 0 Å².